The maximum absolute atomic E-state index is 13.3. The van der Waals surface area contributed by atoms with Gasteiger partial charge in [-0.05, 0) is 106 Å². The molecule has 0 saturated carbocycles. The first-order valence-electron chi connectivity index (χ1n) is 21.9. The number of unbranched alkanes of at least 4 members (excludes halogenated alkanes) is 2. The highest BCUT2D eigenvalue weighted by Crippen LogP contribution is 2.34. The summed E-state index contributed by atoms with van der Waals surface area (Å²) < 4.78 is 29.8. The van der Waals surface area contributed by atoms with Crippen molar-refractivity contribution in [1.82, 2.24) is 10.2 Å². The molecule has 3 aromatic carbocycles. The molecule has 5 atom stereocenters. The van der Waals surface area contributed by atoms with E-state index in [4.69, 9.17) is 25.8 Å². The molecule has 64 heavy (non-hydrogen) atoms. The van der Waals surface area contributed by atoms with Crippen molar-refractivity contribution in [3.05, 3.63) is 94.3 Å². The highest BCUT2D eigenvalue weighted by molar-refractivity contribution is 6.30. The Balaban J connectivity index is 0.000000300. The number of Topliss-reactive ketones (excluding diaryl/α,β-unsaturated/α-hetero) is 1. The SMILES string of the molecule is CCCCCC1C(=O)OC(C)C(NC(=O)c2cccc(NC=O)c2O)C(=O)OC(C)C1OC(=O)CC(C)C.O=C(CCCN1CCC(O)(c2ccc(Cl)cc2)CC1)c1ccc(F)cc1. The number of hydrogen-bond donors (Lipinski definition) is 4. The number of hydrogen-bond acceptors (Lipinski definition) is 12. The summed E-state index contributed by atoms with van der Waals surface area (Å²) in [7, 11) is 0. The molecule has 0 aliphatic carbocycles. The standard InChI is InChI=1S/C27H38N2O9.C21H23ClFNO2/c1-6-7-8-10-19-24(38-21(31)13-15(2)3)17(5)37-27(35)22(16(4)36-26(19)34)29-25(33)18-11-9-12-20(23(18)32)28-14-30;22-18-7-5-17(6-8-18)21(26)11-14-24(15-12-21)13-1-2-20(25)16-3-9-19(23)10-4-16/h9,11-12,14-17,19,22,24,32H,6-8,10,13H2,1-5H3,(H,28,30)(H,29,33);3-10,26H,1-2,11-15H2. The van der Waals surface area contributed by atoms with Crippen LogP contribution in [-0.2, 0) is 39.0 Å². The van der Waals surface area contributed by atoms with Crippen molar-refractivity contribution in [1.29, 1.82) is 0 Å². The summed E-state index contributed by atoms with van der Waals surface area (Å²) in [4.78, 5) is 77.1. The third-order valence-corrected chi connectivity index (χ3v) is 11.6. The number of phenols is 1. The molecule has 14 nitrogen and oxygen atoms in total. The van der Waals surface area contributed by atoms with E-state index in [1.165, 1.54) is 56.3 Å². The molecule has 2 saturated heterocycles. The minimum atomic E-state index is -1.42. The number of aromatic hydroxyl groups is 1. The Morgan fingerprint density at radius 3 is 2.23 bits per heavy atom. The van der Waals surface area contributed by atoms with Crippen LogP contribution < -0.4 is 10.6 Å². The molecule has 0 spiro atoms. The van der Waals surface area contributed by atoms with Crippen LogP contribution in [-0.4, -0.2) is 95.1 Å². The van der Waals surface area contributed by atoms with E-state index in [-0.39, 0.29) is 35.2 Å². The fourth-order valence-electron chi connectivity index (χ4n) is 7.66. The average molecular weight is 910 g/mol. The number of benzene rings is 3. The summed E-state index contributed by atoms with van der Waals surface area (Å²) in [5.74, 6) is -4.56. The second-order valence-corrected chi connectivity index (χ2v) is 17.2. The number of anilines is 1. The molecule has 2 aliphatic rings. The van der Waals surface area contributed by atoms with Crippen molar-refractivity contribution in [2.24, 2.45) is 11.8 Å². The van der Waals surface area contributed by atoms with E-state index in [2.05, 4.69) is 15.5 Å². The van der Waals surface area contributed by atoms with Gasteiger partial charge in [0.25, 0.3) is 5.91 Å². The zero-order valence-corrected chi connectivity index (χ0v) is 37.9. The van der Waals surface area contributed by atoms with Crippen LogP contribution in [0.25, 0.3) is 0 Å². The number of carbonyl (C=O) groups is 6. The van der Waals surface area contributed by atoms with Gasteiger partial charge >= 0.3 is 17.9 Å². The monoisotopic (exact) mass is 909 g/mol. The lowest BCUT2D eigenvalue weighted by molar-refractivity contribution is -0.175. The Kier molecular flexibility index (Phi) is 19.7. The first-order chi connectivity index (χ1) is 30.5. The van der Waals surface area contributed by atoms with Gasteiger partial charge in [0.1, 0.15) is 18.0 Å². The minimum Gasteiger partial charge on any atom is -0.505 e. The average Bonchev–Trinajstić information content (AvgIpc) is 3.27. The van der Waals surface area contributed by atoms with Crippen LogP contribution in [0.3, 0.4) is 0 Å². The molecule has 5 rings (SSSR count). The number of halogens is 2. The van der Waals surface area contributed by atoms with Crippen LogP contribution in [0.15, 0.2) is 66.7 Å². The Hall–Kier alpha value is -5.38. The van der Waals surface area contributed by atoms with Crippen molar-refractivity contribution < 1.29 is 57.6 Å². The van der Waals surface area contributed by atoms with Gasteiger partial charge in [-0.15, -0.1) is 0 Å². The molecule has 2 fully saturated rings. The number of phenolic OH excluding ortho intramolecular Hbond substituents is 1. The number of esters is 3. The second-order valence-electron chi connectivity index (χ2n) is 16.8. The van der Waals surface area contributed by atoms with Crippen molar-refractivity contribution in [3.8, 4) is 5.75 Å². The van der Waals surface area contributed by atoms with Crippen LogP contribution in [0.4, 0.5) is 10.1 Å². The fourth-order valence-corrected chi connectivity index (χ4v) is 7.79. The van der Waals surface area contributed by atoms with Gasteiger partial charge < -0.3 is 40.0 Å². The van der Waals surface area contributed by atoms with Gasteiger partial charge in [-0.2, -0.15) is 0 Å². The maximum atomic E-state index is 13.3. The summed E-state index contributed by atoms with van der Waals surface area (Å²) in [6.07, 6.45) is 2.61. The molecule has 0 aromatic heterocycles. The van der Waals surface area contributed by atoms with Gasteiger partial charge in [0, 0.05) is 36.5 Å². The van der Waals surface area contributed by atoms with Gasteiger partial charge in [0.2, 0.25) is 6.41 Å². The van der Waals surface area contributed by atoms with Crippen LogP contribution in [0, 0.1) is 17.7 Å². The first-order valence-corrected chi connectivity index (χ1v) is 22.3. The first kappa shape index (κ1) is 51.3. The highest BCUT2D eigenvalue weighted by Gasteiger charge is 2.44. The molecule has 348 valence electrons. The number of amides is 2. The lowest BCUT2D eigenvalue weighted by Crippen LogP contribution is -2.50. The number of piperidine rings is 1. The predicted octanol–water partition coefficient (Wildman–Crippen LogP) is 7.52. The molecule has 3 aromatic rings. The molecule has 2 amide bonds. The number of aliphatic hydroxyl groups is 1. The molecule has 2 heterocycles. The van der Waals surface area contributed by atoms with E-state index in [0.29, 0.717) is 49.1 Å². The van der Waals surface area contributed by atoms with Crippen molar-refractivity contribution in [2.75, 3.05) is 25.0 Å². The van der Waals surface area contributed by atoms with E-state index in [1.807, 2.05) is 45.0 Å². The van der Waals surface area contributed by atoms with Crippen LogP contribution in [0.1, 0.15) is 119 Å². The fraction of sp³-hybridized carbons (Fsp3) is 0.500. The molecular weight excluding hydrogens is 849 g/mol. The Bertz CT molecular complexity index is 2040. The number of ketones is 1. The topological polar surface area (TPSA) is 198 Å². The second kappa shape index (κ2) is 24.6. The van der Waals surface area contributed by atoms with Gasteiger partial charge in [0.15, 0.2) is 23.7 Å². The molecular formula is C48H61ClFN3O11. The highest BCUT2D eigenvalue weighted by atomic mass is 35.5. The van der Waals surface area contributed by atoms with E-state index in [9.17, 15) is 43.4 Å². The molecule has 0 radical (unpaired) electrons. The summed E-state index contributed by atoms with van der Waals surface area (Å²) in [6.45, 7) is 11.1. The summed E-state index contributed by atoms with van der Waals surface area (Å²) in [5.41, 5.74) is 0.452. The minimum absolute atomic E-state index is 0.00114. The number of cyclic esters (lactones) is 2. The van der Waals surface area contributed by atoms with Gasteiger partial charge in [0.05, 0.1) is 22.8 Å². The number of para-hydroxylation sites is 1. The molecule has 5 unspecified atom stereocenters. The smallest absolute Gasteiger partial charge is 0.332 e. The predicted molar refractivity (Wildman–Crippen MR) is 238 cm³/mol. The summed E-state index contributed by atoms with van der Waals surface area (Å²) in [5, 5.41) is 26.6. The normalized spacial score (nSPS) is 21.1. The van der Waals surface area contributed by atoms with E-state index < -0.39 is 65.4 Å². The van der Waals surface area contributed by atoms with E-state index >= 15 is 0 Å². The lowest BCUT2D eigenvalue weighted by Gasteiger charge is -2.38. The molecule has 16 heteroatoms. The maximum Gasteiger partial charge on any atom is 0.332 e. The van der Waals surface area contributed by atoms with Crippen molar-refractivity contribution in [3.63, 3.8) is 0 Å². The zero-order valence-electron chi connectivity index (χ0n) is 37.1. The number of nitrogens with one attached hydrogen (secondary N) is 2. The van der Waals surface area contributed by atoms with Gasteiger partial charge in [-0.3, -0.25) is 24.0 Å². The third kappa shape index (κ3) is 14.8. The third-order valence-electron chi connectivity index (χ3n) is 11.3. The van der Waals surface area contributed by atoms with Crippen LogP contribution in [0.5, 0.6) is 5.75 Å². The zero-order chi connectivity index (χ0) is 47.0. The number of rotatable bonds is 17. The molecule has 2 aliphatic heterocycles. The lowest BCUT2D eigenvalue weighted by atomic mass is 9.84. The van der Waals surface area contributed by atoms with Crippen LogP contribution in [0.2, 0.25) is 5.02 Å². The van der Waals surface area contributed by atoms with Gasteiger partial charge in [-0.25, -0.2) is 9.18 Å². The van der Waals surface area contributed by atoms with Gasteiger partial charge in [-0.1, -0.05) is 69.8 Å². The van der Waals surface area contributed by atoms with E-state index in [1.54, 1.807) is 0 Å². The van der Waals surface area contributed by atoms with E-state index in [0.717, 1.165) is 44.5 Å². The number of ether oxygens (including phenoxy) is 3. The van der Waals surface area contributed by atoms with Crippen molar-refractivity contribution >= 4 is 53.3 Å². The van der Waals surface area contributed by atoms with Crippen molar-refractivity contribution in [2.45, 2.75) is 122 Å². The summed E-state index contributed by atoms with van der Waals surface area (Å²) in [6, 6.07) is 15.8. The Labute approximate surface area is 379 Å². The number of nitrogens with zero attached hydrogens (tertiary/aromatic N) is 1. The Morgan fingerprint density at radius 2 is 1.61 bits per heavy atom. The largest absolute Gasteiger partial charge is 0.505 e. The quantitative estimate of drug-likeness (QED) is 0.0260. The number of carbonyl (C=O) groups excluding carboxylic acids is 6. The number of likely N-dealkylation sites (tertiary alicyclic amines) is 1. The summed E-state index contributed by atoms with van der Waals surface area (Å²) >= 11 is 5.92. The molecule has 4 N–H and O–H groups in total. The molecule has 0 bridgehead atoms. The van der Waals surface area contributed by atoms with Crippen LogP contribution >= 0.6 is 11.6 Å². The Morgan fingerprint density at radius 1 is 0.953 bits per heavy atom.